The fraction of sp³-hybridized carbons (Fsp3) is 0.900. The quantitative estimate of drug-likeness (QED) is 0.851. The first-order chi connectivity index (χ1) is 12.1. The van der Waals surface area contributed by atoms with Crippen molar-refractivity contribution >= 4 is 11.8 Å². The summed E-state index contributed by atoms with van der Waals surface area (Å²) in [7, 11) is 0. The van der Waals surface area contributed by atoms with Gasteiger partial charge in [0, 0.05) is 38.6 Å². The van der Waals surface area contributed by atoms with E-state index in [9.17, 15) is 9.59 Å². The Morgan fingerprint density at radius 3 is 2.08 bits per heavy atom. The first-order valence-electron chi connectivity index (χ1n) is 10.5. The van der Waals surface area contributed by atoms with E-state index in [4.69, 9.17) is 5.73 Å². The van der Waals surface area contributed by atoms with E-state index < -0.39 is 0 Å². The number of hydrogen-bond donors (Lipinski definition) is 1. The molecular formula is C20H35N3O2. The van der Waals surface area contributed by atoms with Gasteiger partial charge >= 0.3 is 0 Å². The number of nitrogens with two attached hydrogens (primary N) is 1. The maximum Gasteiger partial charge on any atom is 0.227 e. The smallest absolute Gasteiger partial charge is 0.227 e. The van der Waals surface area contributed by atoms with E-state index in [-0.39, 0.29) is 17.9 Å². The summed E-state index contributed by atoms with van der Waals surface area (Å²) in [6.07, 6.45) is 11.6. The van der Waals surface area contributed by atoms with Crippen LogP contribution >= 0.6 is 0 Å². The number of likely N-dealkylation sites (tertiary alicyclic amines) is 2. The monoisotopic (exact) mass is 349 g/mol. The van der Waals surface area contributed by atoms with Crippen molar-refractivity contribution in [1.29, 1.82) is 0 Å². The first kappa shape index (κ1) is 18.7. The third-order valence-electron chi connectivity index (χ3n) is 6.48. The van der Waals surface area contributed by atoms with E-state index >= 15 is 0 Å². The summed E-state index contributed by atoms with van der Waals surface area (Å²) >= 11 is 0. The average Bonchev–Trinajstić information content (AvgIpc) is 3.13. The molecule has 5 nitrogen and oxygen atoms in total. The molecule has 2 amide bonds. The number of carbonyl (C=O) groups excluding carboxylic acids is 2. The maximum absolute atomic E-state index is 12.9. The minimum atomic E-state index is 0.0167. The Balaban J connectivity index is 1.45. The molecule has 3 rings (SSSR count). The van der Waals surface area contributed by atoms with Gasteiger partial charge in [0.15, 0.2) is 0 Å². The zero-order valence-electron chi connectivity index (χ0n) is 15.6. The van der Waals surface area contributed by atoms with E-state index in [1.165, 1.54) is 12.8 Å². The van der Waals surface area contributed by atoms with Crippen molar-refractivity contribution in [2.45, 2.75) is 76.7 Å². The third kappa shape index (κ3) is 4.96. The second-order valence-corrected chi connectivity index (χ2v) is 8.32. The molecule has 1 saturated carbocycles. The van der Waals surface area contributed by atoms with E-state index in [1.54, 1.807) is 0 Å². The van der Waals surface area contributed by atoms with E-state index in [2.05, 4.69) is 0 Å². The summed E-state index contributed by atoms with van der Waals surface area (Å²) in [4.78, 5) is 29.3. The Labute approximate surface area is 152 Å². The topological polar surface area (TPSA) is 66.6 Å². The van der Waals surface area contributed by atoms with Crippen molar-refractivity contribution < 1.29 is 9.59 Å². The van der Waals surface area contributed by atoms with Crippen LogP contribution in [-0.4, -0.2) is 53.8 Å². The van der Waals surface area contributed by atoms with Crippen LogP contribution in [0.5, 0.6) is 0 Å². The van der Waals surface area contributed by atoms with E-state index in [0.717, 1.165) is 77.5 Å². The fourth-order valence-corrected chi connectivity index (χ4v) is 4.75. The number of piperidine rings is 1. The Morgan fingerprint density at radius 1 is 0.760 bits per heavy atom. The fourth-order valence-electron chi connectivity index (χ4n) is 4.75. The second kappa shape index (κ2) is 9.02. The highest BCUT2D eigenvalue weighted by Gasteiger charge is 2.33. The lowest BCUT2D eigenvalue weighted by Crippen LogP contribution is -2.47. The standard InChI is InChI=1S/C20H35N3O2/c21-18-8-4-2-1-3-7-17(18)20(25)23-13-9-16(10-14-23)15-19(24)22-11-5-6-12-22/h16-18H,1-15,21H2/t17-,18-/m1/s1. The van der Waals surface area contributed by atoms with Gasteiger partial charge in [-0.2, -0.15) is 0 Å². The molecule has 2 heterocycles. The molecule has 0 aromatic heterocycles. The number of hydrogen-bond acceptors (Lipinski definition) is 3. The molecular weight excluding hydrogens is 314 g/mol. The van der Waals surface area contributed by atoms with Gasteiger partial charge in [-0.25, -0.2) is 0 Å². The molecule has 2 N–H and O–H groups in total. The van der Waals surface area contributed by atoms with Gasteiger partial charge in [-0.15, -0.1) is 0 Å². The SMILES string of the molecule is N[C@@H]1CCCCCC[C@H]1C(=O)N1CCC(CC(=O)N2CCCC2)CC1. The van der Waals surface area contributed by atoms with Crippen LogP contribution in [0.15, 0.2) is 0 Å². The van der Waals surface area contributed by atoms with Gasteiger partial charge in [-0.1, -0.05) is 25.7 Å². The summed E-state index contributed by atoms with van der Waals surface area (Å²) < 4.78 is 0. The van der Waals surface area contributed by atoms with Gasteiger partial charge in [0.25, 0.3) is 0 Å². The minimum Gasteiger partial charge on any atom is -0.343 e. The molecule has 2 aliphatic heterocycles. The van der Waals surface area contributed by atoms with Crippen molar-refractivity contribution in [2.75, 3.05) is 26.2 Å². The average molecular weight is 350 g/mol. The largest absolute Gasteiger partial charge is 0.343 e. The zero-order chi connectivity index (χ0) is 17.6. The van der Waals surface area contributed by atoms with Gasteiger partial charge < -0.3 is 15.5 Å². The van der Waals surface area contributed by atoms with Crippen LogP contribution in [-0.2, 0) is 9.59 Å². The molecule has 0 unspecified atom stereocenters. The van der Waals surface area contributed by atoms with Crippen molar-refractivity contribution in [3.8, 4) is 0 Å². The van der Waals surface area contributed by atoms with Crippen LogP contribution in [0.4, 0.5) is 0 Å². The normalized spacial score (nSPS) is 29.3. The molecule has 0 aromatic rings. The summed E-state index contributed by atoms with van der Waals surface area (Å²) in [5, 5.41) is 0. The van der Waals surface area contributed by atoms with Crippen molar-refractivity contribution in [3.05, 3.63) is 0 Å². The van der Waals surface area contributed by atoms with Crippen LogP contribution in [0.1, 0.15) is 70.6 Å². The first-order valence-corrected chi connectivity index (χ1v) is 10.5. The molecule has 5 heteroatoms. The Kier molecular flexibility index (Phi) is 6.74. The van der Waals surface area contributed by atoms with Crippen molar-refractivity contribution in [2.24, 2.45) is 17.6 Å². The van der Waals surface area contributed by atoms with Crippen LogP contribution in [0.3, 0.4) is 0 Å². The summed E-state index contributed by atoms with van der Waals surface area (Å²) in [5.41, 5.74) is 6.32. The zero-order valence-corrected chi connectivity index (χ0v) is 15.6. The Bertz CT molecular complexity index is 454. The highest BCUT2D eigenvalue weighted by atomic mass is 16.2. The van der Waals surface area contributed by atoms with Gasteiger partial charge in [-0.05, 0) is 44.4 Å². The minimum absolute atomic E-state index is 0.0167. The third-order valence-corrected chi connectivity index (χ3v) is 6.48. The number of amides is 2. The molecule has 3 aliphatic rings. The number of rotatable bonds is 3. The number of nitrogens with zero attached hydrogens (tertiary/aromatic N) is 2. The van der Waals surface area contributed by atoms with Crippen LogP contribution in [0.2, 0.25) is 0 Å². The van der Waals surface area contributed by atoms with Gasteiger partial charge in [-0.3, -0.25) is 9.59 Å². The van der Waals surface area contributed by atoms with Gasteiger partial charge in [0.2, 0.25) is 11.8 Å². The Hall–Kier alpha value is -1.10. The molecule has 0 spiro atoms. The van der Waals surface area contributed by atoms with Crippen molar-refractivity contribution in [1.82, 2.24) is 9.80 Å². The Morgan fingerprint density at radius 2 is 1.40 bits per heavy atom. The lowest BCUT2D eigenvalue weighted by atomic mass is 9.85. The maximum atomic E-state index is 12.9. The van der Waals surface area contributed by atoms with Crippen LogP contribution < -0.4 is 5.73 Å². The predicted octanol–water partition coefficient (Wildman–Crippen LogP) is 2.54. The lowest BCUT2D eigenvalue weighted by Gasteiger charge is -2.36. The van der Waals surface area contributed by atoms with Crippen LogP contribution in [0, 0.1) is 11.8 Å². The molecule has 142 valence electrons. The van der Waals surface area contributed by atoms with Crippen molar-refractivity contribution in [3.63, 3.8) is 0 Å². The second-order valence-electron chi connectivity index (χ2n) is 8.32. The van der Waals surface area contributed by atoms with Gasteiger partial charge in [0.1, 0.15) is 0 Å². The molecule has 1 aliphatic carbocycles. The summed E-state index contributed by atoms with van der Waals surface area (Å²) in [6.45, 7) is 3.49. The van der Waals surface area contributed by atoms with Crippen LogP contribution in [0.25, 0.3) is 0 Å². The molecule has 0 bridgehead atoms. The number of carbonyl (C=O) groups is 2. The lowest BCUT2D eigenvalue weighted by molar-refractivity contribution is -0.138. The molecule has 2 atom stereocenters. The van der Waals surface area contributed by atoms with E-state index in [0.29, 0.717) is 18.2 Å². The summed E-state index contributed by atoms with van der Waals surface area (Å²) in [5.74, 6) is 1.06. The highest BCUT2D eigenvalue weighted by molar-refractivity contribution is 5.80. The summed E-state index contributed by atoms with van der Waals surface area (Å²) in [6, 6.07) is 0.0299. The highest BCUT2D eigenvalue weighted by Crippen LogP contribution is 2.27. The predicted molar refractivity (Wildman–Crippen MR) is 98.9 cm³/mol. The molecule has 25 heavy (non-hydrogen) atoms. The van der Waals surface area contributed by atoms with Gasteiger partial charge in [0.05, 0.1) is 5.92 Å². The molecule has 3 fully saturated rings. The van der Waals surface area contributed by atoms with E-state index in [1.807, 2.05) is 9.80 Å². The molecule has 2 saturated heterocycles. The molecule has 0 aromatic carbocycles. The molecule has 0 radical (unpaired) electrons.